The fourth-order valence-corrected chi connectivity index (χ4v) is 2.55. The Balaban J connectivity index is 1.99. The SMILES string of the molecule is Oc1ccc(Cl)cc1Nc1cc(Cl)nc(-c2cccc(C(F)(F)F)c2)n1. The van der Waals surface area contributed by atoms with Gasteiger partial charge in [-0.25, -0.2) is 9.97 Å². The van der Waals surface area contributed by atoms with Crippen molar-refractivity contribution in [2.24, 2.45) is 0 Å². The van der Waals surface area contributed by atoms with E-state index in [2.05, 4.69) is 15.3 Å². The quantitative estimate of drug-likeness (QED) is 0.424. The fraction of sp³-hybridized carbons (Fsp3) is 0.0588. The normalized spacial score (nSPS) is 11.4. The Bertz CT molecular complexity index is 964. The predicted molar refractivity (Wildman–Crippen MR) is 93.9 cm³/mol. The van der Waals surface area contributed by atoms with Crippen molar-refractivity contribution in [3.05, 3.63) is 64.3 Å². The minimum Gasteiger partial charge on any atom is -0.506 e. The van der Waals surface area contributed by atoms with Gasteiger partial charge in [0.2, 0.25) is 0 Å². The summed E-state index contributed by atoms with van der Waals surface area (Å²) in [7, 11) is 0. The van der Waals surface area contributed by atoms with E-state index in [-0.39, 0.29) is 33.8 Å². The Morgan fingerprint density at radius 3 is 2.46 bits per heavy atom. The fourth-order valence-electron chi connectivity index (χ4n) is 2.19. The average Bonchev–Trinajstić information content (AvgIpc) is 2.57. The summed E-state index contributed by atoms with van der Waals surface area (Å²) in [4.78, 5) is 8.13. The third kappa shape index (κ3) is 4.17. The Labute approximate surface area is 156 Å². The summed E-state index contributed by atoms with van der Waals surface area (Å²) in [5.74, 6) is 0.118. The number of phenolic OH excluding ortho intramolecular Hbond substituents is 1. The highest BCUT2D eigenvalue weighted by atomic mass is 35.5. The van der Waals surface area contributed by atoms with Crippen molar-refractivity contribution in [3.8, 4) is 17.1 Å². The molecule has 3 rings (SSSR count). The summed E-state index contributed by atoms with van der Waals surface area (Å²) < 4.78 is 38.7. The first-order valence-electron chi connectivity index (χ1n) is 7.20. The number of aromatic hydroxyl groups is 1. The molecule has 0 aliphatic rings. The number of rotatable bonds is 3. The second-order valence-corrected chi connectivity index (χ2v) is 6.09. The maximum atomic E-state index is 12.9. The largest absolute Gasteiger partial charge is 0.506 e. The molecule has 3 aromatic rings. The number of aromatic nitrogens is 2. The first-order chi connectivity index (χ1) is 12.2. The molecule has 0 bridgehead atoms. The smallest absolute Gasteiger partial charge is 0.416 e. The van der Waals surface area contributed by atoms with Gasteiger partial charge in [0.05, 0.1) is 11.3 Å². The number of phenols is 1. The Hall–Kier alpha value is -2.51. The number of nitrogens with zero attached hydrogens (tertiary/aromatic N) is 2. The van der Waals surface area contributed by atoms with E-state index in [0.717, 1.165) is 12.1 Å². The first kappa shape index (κ1) is 18.3. The molecule has 2 N–H and O–H groups in total. The first-order valence-corrected chi connectivity index (χ1v) is 7.96. The zero-order valence-corrected chi connectivity index (χ0v) is 14.4. The highest BCUT2D eigenvalue weighted by Gasteiger charge is 2.30. The molecule has 0 aliphatic heterocycles. The summed E-state index contributed by atoms with van der Waals surface area (Å²) in [5.41, 5.74) is -0.400. The van der Waals surface area contributed by atoms with Gasteiger partial charge in [0, 0.05) is 16.7 Å². The summed E-state index contributed by atoms with van der Waals surface area (Å²) in [6.07, 6.45) is -4.48. The summed E-state index contributed by atoms with van der Waals surface area (Å²) >= 11 is 11.9. The molecule has 0 unspecified atom stereocenters. The number of anilines is 2. The molecule has 0 spiro atoms. The van der Waals surface area contributed by atoms with Crippen molar-refractivity contribution in [2.75, 3.05) is 5.32 Å². The van der Waals surface area contributed by atoms with Crippen LogP contribution in [0.25, 0.3) is 11.4 Å². The van der Waals surface area contributed by atoms with Crippen molar-refractivity contribution in [2.45, 2.75) is 6.18 Å². The molecule has 0 saturated carbocycles. The predicted octanol–water partition coefficient (Wildman–Crippen LogP) is 5.92. The van der Waals surface area contributed by atoms with E-state index in [9.17, 15) is 18.3 Å². The van der Waals surface area contributed by atoms with Gasteiger partial charge in [-0.2, -0.15) is 13.2 Å². The number of hydrogen-bond donors (Lipinski definition) is 2. The topological polar surface area (TPSA) is 58.0 Å². The van der Waals surface area contributed by atoms with Crippen LogP contribution in [0.3, 0.4) is 0 Å². The molecule has 4 nitrogen and oxygen atoms in total. The maximum absolute atomic E-state index is 12.9. The van der Waals surface area contributed by atoms with E-state index in [4.69, 9.17) is 23.2 Å². The third-order valence-electron chi connectivity index (χ3n) is 3.36. The van der Waals surface area contributed by atoms with Crippen LogP contribution in [0, 0.1) is 0 Å². The van der Waals surface area contributed by atoms with Crippen LogP contribution >= 0.6 is 23.2 Å². The van der Waals surface area contributed by atoms with Crippen molar-refractivity contribution in [1.82, 2.24) is 9.97 Å². The van der Waals surface area contributed by atoms with Gasteiger partial charge in [0.15, 0.2) is 5.82 Å². The molecule has 0 saturated heterocycles. The number of hydrogen-bond acceptors (Lipinski definition) is 4. The second kappa shape index (κ2) is 7.01. The highest BCUT2D eigenvalue weighted by Crippen LogP contribution is 2.33. The van der Waals surface area contributed by atoms with E-state index in [1.165, 1.54) is 36.4 Å². The Morgan fingerprint density at radius 2 is 1.73 bits per heavy atom. The highest BCUT2D eigenvalue weighted by molar-refractivity contribution is 6.31. The molecule has 0 atom stereocenters. The van der Waals surface area contributed by atoms with Crippen LogP contribution in [0.4, 0.5) is 24.7 Å². The van der Waals surface area contributed by atoms with Crippen LogP contribution in [0.15, 0.2) is 48.5 Å². The van der Waals surface area contributed by atoms with E-state index >= 15 is 0 Å². The minimum atomic E-state index is -4.48. The van der Waals surface area contributed by atoms with Gasteiger partial charge < -0.3 is 10.4 Å². The molecule has 0 radical (unpaired) electrons. The zero-order valence-electron chi connectivity index (χ0n) is 12.9. The van der Waals surface area contributed by atoms with E-state index in [0.29, 0.717) is 5.02 Å². The molecule has 0 fully saturated rings. The van der Waals surface area contributed by atoms with Crippen LogP contribution < -0.4 is 5.32 Å². The molecule has 134 valence electrons. The maximum Gasteiger partial charge on any atom is 0.416 e. The van der Waals surface area contributed by atoms with Gasteiger partial charge in [-0.15, -0.1) is 0 Å². The summed E-state index contributed by atoms with van der Waals surface area (Å²) in [6, 6.07) is 10.3. The second-order valence-electron chi connectivity index (χ2n) is 5.26. The van der Waals surface area contributed by atoms with Gasteiger partial charge in [-0.1, -0.05) is 35.3 Å². The standard InChI is InChI=1S/C17H10Cl2F3N3O/c18-11-4-5-13(26)12(7-11)23-15-8-14(19)24-16(25-15)9-2-1-3-10(6-9)17(20,21)22/h1-8,26H,(H,23,24,25). The molecule has 26 heavy (non-hydrogen) atoms. The molecule has 9 heteroatoms. The lowest BCUT2D eigenvalue weighted by atomic mass is 10.1. The van der Waals surface area contributed by atoms with E-state index in [1.807, 2.05) is 0 Å². The number of alkyl halides is 3. The van der Waals surface area contributed by atoms with Crippen LogP contribution in [0.5, 0.6) is 5.75 Å². The third-order valence-corrected chi connectivity index (χ3v) is 3.79. The minimum absolute atomic E-state index is 0.00705. The van der Waals surface area contributed by atoms with Gasteiger partial charge in [-0.3, -0.25) is 0 Å². The van der Waals surface area contributed by atoms with E-state index < -0.39 is 11.7 Å². The number of nitrogens with one attached hydrogen (secondary N) is 1. The zero-order chi connectivity index (χ0) is 18.9. The monoisotopic (exact) mass is 399 g/mol. The lowest BCUT2D eigenvalue weighted by Crippen LogP contribution is -2.05. The Kier molecular flexibility index (Phi) is 4.93. The van der Waals surface area contributed by atoms with Gasteiger partial charge in [-0.05, 0) is 30.3 Å². The summed E-state index contributed by atoms with van der Waals surface area (Å²) in [6.45, 7) is 0. The van der Waals surface area contributed by atoms with Gasteiger partial charge in [0.25, 0.3) is 0 Å². The van der Waals surface area contributed by atoms with Crippen LogP contribution in [-0.2, 0) is 6.18 Å². The van der Waals surface area contributed by atoms with Crippen molar-refractivity contribution in [3.63, 3.8) is 0 Å². The molecular formula is C17H10Cl2F3N3O. The average molecular weight is 400 g/mol. The lowest BCUT2D eigenvalue weighted by Gasteiger charge is -2.11. The Morgan fingerprint density at radius 1 is 0.962 bits per heavy atom. The number of halogens is 5. The van der Waals surface area contributed by atoms with Crippen molar-refractivity contribution < 1.29 is 18.3 Å². The number of benzene rings is 2. The molecule has 2 aromatic carbocycles. The molecular weight excluding hydrogens is 390 g/mol. The molecule has 1 aromatic heterocycles. The molecule has 1 heterocycles. The van der Waals surface area contributed by atoms with Gasteiger partial charge >= 0.3 is 6.18 Å². The molecule has 0 aliphatic carbocycles. The van der Waals surface area contributed by atoms with Crippen LogP contribution in [0.1, 0.15) is 5.56 Å². The van der Waals surface area contributed by atoms with Crippen LogP contribution in [-0.4, -0.2) is 15.1 Å². The van der Waals surface area contributed by atoms with Crippen molar-refractivity contribution in [1.29, 1.82) is 0 Å². The van der Waals surface area contributed by atoms with E-state index in [1.54, 1.807) is 0 Å². The van der Waals surface area contributed by atoms with Gasteiger partial charge in [0.1, 0.15) is 16.7 Å². The van der Waals surface area contributed by atoms with Crippen molar-refractivity contribution >= 4 is 34.7 Å². The van der Waals surface area contributed by atoms with Crippen LogP contribution in [0.2, 0.25) is 10.2 Å². The summed E-state index contributed by atoms with van der Waals surface area (Å²) in [5, 5.41) is 13.1. The molecule has 0 amide bonds. The lowest BCUT2D eigenvalue weighted by molar-refractivity contribution is -0.137.